The number of para-hydroxylation sites is 1. The second kappa shape index (κ2) is 5.45. The van der Waals surface area contributed by atoms with Crippen LogP contribution in [0.1, 0.15) is 25.0 Å². The Hall–Kier alpha value is -2.16. The first-order valence-electron chi connectivity index (χ1n) is 7.00. The Morgan fingerprint density at radius 1 is 0.950 bits per heavy atom. The molecule has 0 spiro atoms. The van der Waals surface area contributed by atoms with Gasteiger partial charge < -0.3 is 14.2 Å². The molecule has 3 nitrogen and oxygen atoms in total. The smallest absolute Gasteiger partial charge is 0.168 e. The van der Waals surface area contributed by atoms with Gasteiger partial charge in [-0.05, 0) is 37.6 Å². The summed E-state index contributed by atoms with van der Waals surface area (Å²) in [4.78, 5) is 0. The normalized spacial score (nSPS) is 12.1. The fourth-order valence-corrected chi connectivity index (χ4v) is 2.48. The van der Waals surface area contributed by atoms with Crippen LogP contribution in [0.25, 0.3) is 0 Å². The Balaban J connectivity index is 2.06. The molecule has 0 aromatic heterocycles. The van der Waals surface area contributed by atoms with Crippen LogP contribution in [0.4, 0.5) is 0 Å². The van der Waals surface area contributed by atoms with Crippen LogP contribution in [0.2, 0.25) is 0 Å². The topological polar surface area (TPSA) is 27.7 Å². The summed E-state index contributed by atoms with van der Waals surface area (Å²) in [6.07, 6.45) is 0.807. The van der Waals surface area contributed by atoms with Gasteiger partial charge in [-0.1, -0.05) is 18.2 Å². The average Bonchev–Trinajstić information content (AvgIpc) is 2.48. The molecule has 3 rings (SSSR count). The third-order valence-electron chi connectivity index (χ3n) is 3.33. The standard InChI is InChI=1S/C17H18O3/c1-3-18-16-10-9-15-13(17(16)19-4-2)11-12-7-5-6-8-14(12)20-15/h5-10H,3-4,11H2,1-2H3. The van der Waals surface area contributed by atoms with Crippen molar-refractivity contribution >= 4 is 0 Å². The fourth-order valence-electron chi connectivity index (χ4n) is 2.48. The van der Waals surface area contributed by atoms with Gasteiger partial charge in [-0.15, -0.1) is 0 Å². The number of benzene rings is 2. The number of hydrogen-bond donors (Lipinski definition) is 0. The molecule has 0 unspecified atom stereocenters. The third kappa shape index (κ3) is 2.20. The maximum absolute atomic E-state index is 5.96. The highest BCUT2D eigenvalue weighted by Crippen LogP contribution is 2.45. The van der Waals surface area contributed by atoms with E-state index < -0.39 is 0 Å². The first-order valence-corrected chi connectivity index (χ1v) is 7.00. The molecule has 0 saturated carbocycles. The molecular formula is C17H18O3. The quantitative estimate of drug-likeness (QED) is 0.711. The van der Waals surface area contributed by atoms with Crippen molar-refractivity contribution in [1.82, 2.24) is 0 Å². The minimum atomic E-state index is 0.609. The van der Waals surface area contributed by atoms with E-state index in [2.05, 4.69) is 6.07 Å². The lowest BCUT2D eigenvalue weighted by molar-refractivity contribution is 0.283. The molecule has 104 valence electrons. The van der Waals surface area contributed by atoms with Crippen molar-refractivity contribution in [3.8, 4) is 23.0 Å². The molecule has 2 aromatic carbocycles. The van der Waals surface area contributed by atoms with E-state index in [9.17, 15) is 0 Å². The third-order valence-corrected chi connectivity index (χ3v) is 3.33. The van der Waals surface area contributed by atoms with E-state index in [1.54, 1.807) is 0 Å². The zero-order chi connectivity index (χ0) is 13.9. The summed E-state index contributed by atoms with van der Waals surface area (Å²) in [7, 11) is 0. The molecule has 0 fully saturated rings. The lowest BCUT2D eigenvalue weighted by atomic mass is 9.99. The molecule has 0 N–H and O–H groups in total. The fraction of sp³-hybridized carbons (Fsp3) is 0.294. The average molecular weight is 270 g/mol. The summed E-state index contributed by atoms with van der Waals surface area (Å²) in [5.74, 6) is 3.37. The van der Waals surface area contributed by atoms with Crippen molar-refractivity contribution in [2.45, 2.75) is 20.3 Å². The molecule has 0 radical (unpaired) electrons. The van der Waals surface area contributed by atoms with Gasteiger partial charge >= 0.3 is 0 Å². The van der Waals surface area contributed by atoms with Crippen LogP contribution in [0.15, 0.2) is 36.4 Å². The number of ether oxygens (including phenoxy) is 3. The highest BCUT2D eigenvalue weighted by molar-refractivity contribution is 5.60. The molecule has 2 aromatic rings. The molecule has 0 aliphatic carbocycles. The zero-order valence-corrected chi connectivity index (χ0v) is 11.8. The van der Waals surface area contributed by atoms with Gasteiger partial charge in [0, 0.05) is 12.0 Å². The van der Waals surface area contributed by atoms with E-state index in [0.29, 0.717) is 13.2 Å². The molecule has 0 atom stereocenters. The lowest BCUT2D eigenvalue weighted by Gasteiger charge is -2.23. The first kappa shape index (κ1) is 12.9. The SMILES string of the molecule is CCOc1ccc2c(c1OCC)Cc1ccccc1O2. The molecular weight excluding hydrogens is 252 g/mol. The first-order chi connectivity index (χ1) is 9.83. The Kier molecular flexibility index (Phi) is 3.50. The predicted molar refractivity (Wildman–Crippen MR) is 78.1 cm³/mol. The molecule has 1 aliphatic rings. The van der Waals surface area contributed by atoms with Crippen LogP contribution >= 0.6 is 0 Å². The van der Waals surface area contributed by atoms with E-state index in [1.165, 1.54) is 5.56 Å². The highest BCUT2D eigenvalue weighted by Gasteiger charge is 2.23. The van der Waals surface area contributed by atoms with Crippen LogP contribution in [-0.4, -0.2) is 13.2 Å². The Labute approximate surface area is 119 Å². The summed E-state index contributed by atoms with van der Waals surface area (Å²) < 4.78 is 17.4. The highest BCUT2D eigenvalue weighted by atomic mass is 16.5. The van der Waals surface area contributed by atoms with E-state index in [4.69, 9.17) is 14.2 Å². The van der Waals surface area contributed by atoms with E-state index >= 15 is 0 Å². The Bertz CT molecular complexity index is 620. The maximum Gasteiger partial charge on any atom is 0.168 e. The van der Waals surface area contributed by atoms with Crippen LogP contribution < -0.4 is 14.2 Å². The van der Waals surface area contributed by atoms with E-state index in [0.717, 1.165) is 35.0 Å². The van der Waals surface area contributed by atoms with Gasteiger partial charge in [0.05, 0.1) is 13.2 Å². The number of rotatable bonds is 4. The van der Waals surface area contributed by atoms with Gasteiger partial charge in [0.1, 0.15) is 11.5 Å². The molecule has 0 saturated heterocycles. The van der Waals surface area contributed by atoms with Gasteiger partial charge in [-0.3, -0.25) is 0 Å². The summed E-state index contributed by atoms with van der Waals surface area (Å²) >= 11 is 0. The molecule has 20 heavy (non-hydrogen) atoms. The predicted octanol–water partition coefficient (Wildman–Crippen LogP) is 4.18. The Morgan fingerprint density at radius 2 is 1.75 bits per heavy atom. The van der Waals surface area contributed by atoms with Crippen molar-refractivity contribution in [2.24, 2.45) is 0 Å². The molecule has 0 amide bonds. The molecule has 1 aliphatic heterocycles. The monoisotopic (exact) mass is 270 g/mol. The molecule has 0 bridgehead atoms. The summed E-state index contributed by atoms with van der Waals surface area (Å²) in [6.45, 7) is 5.18. The van der Waals surface area contributed by atoms with Crippen molar-refractivity contribution in [2.75, 3.05) is 13.2 Å². The minimum absolute atomic E-state index is 0.609. The molecule has 1 heterocycles. The van der Waals surface area contributed by atoms with Gasteiger partial charge in [-0.25, -0.2) is 0 Å². The van der Waals surface area contributed by atoms with Gasteiger partial charge in [0.25, 0.3) is 0 Å². The maximum atomic E-state index is 5.96. The van der Waals surface area contributed by atoms with Crippen LogP contribution in [0.5, 0.6) is 23.0 Å². The van der Waals surface area contributed by atoms with E-state index in [1.807, 2.05) is 44.2 Å². The minimum Gasteiger partial charge on any atom is -0.490 e. The van der Waals surface area contributed by atoms with Crippen LogP contribution in [-0.2, 0) is 6.42 Å². The van der Waals surface area contributed by atoms with E-state index in [-0.39, 0.29) is 0 Å². The van der Waals surface area contributed by atoms with Crippen LogP contribution in [0, 0.1) is 0 Å². The van der Waals surface area contributed by atoms with Gasteiger partial charge in [0.2, 0.25) is 0 Å². The second-order valence-corrected chi connectivity index (χ2v) is 4.62. The van der Waals surface area contributed by atoms with Crippen molar-refractivity contribution in [3.05, 3.63) is 47.5 Å². The largest absolute Gasteiger partial charge is 0.490 e. The van der Waals surface area contributed by atoms with Crippen LogP contribution in [0.3, 0.4) is 0 Å². The second-order valence-electron chi connectivity index (χ2n) is 4.62. The zero-order valence-electron chi connectivity index (χ0n) is 11.8. The van der Waals surface area contributed by atoms with Crippen molar-refractivity contribution in [3.63, 3.8) is 0 Å². The summed E-state index contributed by atoms with van der Waals surface area (Å²) in [6, 6.07) is 12.0. The van der Waals surface area contributed by atoms with Gasteiger partial charge in [-0.2, -0.15) is 0 Å². The lowest BCUT2D eigenvalue weighted by Crippen LogP contribution is -2.08. The Morgan fingerprint density at radius 3 is 2.55 bits per heavy atom. The summed E-state index contributed by atoms with van der Waals surface area (Å²) in [5, 5.41) is 0. The van der Waals surface area contributed by atoms with Crippen molar-refractivity contribution in [1.29, 1.82) is 0 Å². The summed E-state index contributed by atoms with van der Waals surface area (Å²) in [5.41, 5.74) is 2.24. The van der Waals surface area contributed by atoms with Crippen molar-refractivity contribution < 1.29 is 14.2 Å². The number of fused-ring (bicyclic) bond motifs is 2. The van der Waals surface area contributed by atoms with Gasteiger partial charge in [0.15, 0.2) is 11.5 Å². The molecule has 3 heteroatoms. The number of hydrogen-bond acceptors (Lipinski definition) is 3.